The fourth-order valence-electron chi connectivity index (χ4n) is 1.76. The Morgan fingerprint density at radius 2 is 2.00 bits per heavy atom. The number of halogens is 4. The van der Waals surface area contributed by atoms with Crippen molar-refractivity contribution in [2.45, 2.75) is 17.9 Å². The first kappa shape index (κ1) is 13.2. The lowest BCUT2D eigenvalue weighted by atomic mass is 10.2. The van der Waals surface area contributed by atoms with Gasteiger partial charge in [0.2, 0.25) is 0 Å². The largest absolute Gasteiger partial charge is 0.340 e. The Morgan fingerprint density at radius 1 is 1.33 bits per heavy atom. The summed E-state index contributed by atoms with van der Waals surface area (Å²) in [7, 11) is 0.964. The van der Waals surface area contributed by atoms with E-state index in [9.17, 15) is 21.6 Å². The van der Waals surface area contributed by atoms with Crippen LogP contribution in [0.4, 0.5) is 13.2 Å². The topological polar surface area (TPSA) is 39.1 Å². The zero-order chi connectivity index (χ0) is 13.5. The van der Waals surface area contributed by atoms with Gasteiger partial charge >= 0.3 is 0 Å². The number of fused-ring (bicyclic) bond motifs is 1. The van der Waals surface area contributed by atoms with Gasteiger partial charge in [0.25, 0.3) is 15.5 Å². The maximum absolute atomic E-state index is 13.6. The highest BCUT2D eigenvalue weighted by Crippen LogP contribution is 2.30. The van der Waals surface area contributed by atoms with E-state index in [1.54, 1.807) is 0 Å². The molecule has 0 atom stereocenters. The lowest BCUT2D eigenvalue weighted by molar-refractivity contribution is 0.128. The smallest absolute Gasteiger partial charge is 0.263 e. The fraction of sp³-hybridized carbons (Fsp3) is 0.200. The molecule has 0 amide bonds. The molecular weight excluding hydrogens is 291 g/mol. The first-order valence-electron chi connectivity index (χ1n) is 4.81. The molecular formula is C10H7ClF3NO2S. The van der Waals surface area contributed by atoms with Crippen molar-refractivity contribution in [2.24, 2.45) is 0 Å². The highest BCUT2D eigenvalue weighted by atomic mass is 35.7. The highest BCUT2D eigenvalue weighted by Gasteiger charge is 2.22. The summed E-state index contributed by atoms with van der Waals surface area (Å²) in [5, 5.41) is -0.270. The molecule has 0 aliphatic carbocycles. The van der Waals surface area contributed by atoms with Crippen molar-refractivity contribution in [1.29, 1.82) is 0 Å². The molecule has 98 valence electrons. The van der Waals surface area contributed by atoms with E-state index in [2.05, 4.69) is 0 Å². The Labute approximate surface area is 105 Å². The van der Waals surface area contributed by atoms with Crippen LogP contribution in [0.15, 0.2) is 29.3 Å². The van der Waals surface area contributed by atoms with Crippen LogP contribution in [-0.4, -0.2) is 19.4 Å². The van der Waals surface area contributed by atoms with E-state index in [0.717, 1.165) is 16.8 Å². The van der Waals surface area contributed by atoms with E-state index in [1.165, 1.54) is 12.1 Å². The molecule has 0 bridgehead atoms. The van der Waals surface area contributed by atoms with E-state index < -0.39 is 32.7 Å². The molecule has 0 aliphatic heterocycles. The predicted octanol–water partition coefficient (Wildman–Crippen LogP) is 2.97. The number of alkyl halides is 2. The van der Waals surface area contributed by atoms with Crippen molar-refractivity contribution in [1.82, 2.24) is 4.57 Å². The van der Waals surface area contributed by atoms with Gasteiger partial charge in [-0.25, -0.2) is 21.6 Å². The number of nitrogens with zero attached hydrogens (tertiary/aromatic N) is 1. The van der Waals surface area contributed by atoms with Gasteiger partial charge < -0.3 is 4.57 Å². The van der Waals surface area contributed by atoms with Crippen LogP contribution in [0.2, 0.25) is 0 Å². The molecule has 0 N–H and O–H groups in total. The minimum absolute atomic E-state index is 0.0644. The summed E-state index contributed by atoms with van der Waals surface area (Å²) in [4.78, 5) is -0.502. The summed E-state index contributed by atoms with van der Waals surface area (Å²) in [6.45, 7) is -0.730. The second-order valence-corrected chi connectivity index (χ2v) is 6.14. The van der Waals surface area contributed by atoms with Crippen LogP contribution < -0.4 is 0 Å². The lowest BCUT2D eigenvalue weighted by Crippen LogP contribution is -2.04. The van der Waals surface area contributed by atoms with Gasteiger partial charge in [-0.3, -0.25) is 0 Å². The first-order valence-corrected chi connectivity index (χ1v) is 7.12. The summed E-state index contributed by atoms with van der Waals surface area (Å²) in [6, 6.07) is 3.71. The van der Waals surface area contributed by atoms with E-state index in [1.807, 2.05) is 0 Å². The number of aromatic nitrogens is 1. The summed E-state index contributed by atoms with van der Waals surface area (Å²) in [5.41, 5.74) is 0.0644. The third-order valence-corrected chi connectivity index (χ3v) is 3.75. The molecule has 1 heterocycles. The van der Waals surface area contributed by atoms with Crippen LogP contribution in [0, 0.1) is 5.82 Å². The molecule has 1 aromatic carbocycles. The molecule has 0 radical (unpaired) electrons. The molecule has 2 rings (SSSR count). The van der Waals surface area contributed by atoms with E-state index in [-0.39, 0.29) is 10.9 Å². The van der Waals surface area contributed by atoms with Gasteiger partial charge in [-0.05, 0) is 12.1 Å². The van der Waals surface area contributed by atoms with Crippen LogP contribution in [0.25, 0.3) is 10.9 Å². The van der Waals surface area contributed by atoms with Crippen molar-refractivity contribution >= 4 is 30.6 Å². The zero-order valence-corrected chi connectivity index (χ0v) is 10.4. The molecule has 1 aromatic heterocycles. The van der Waals surface area contributed by atoms with Crippen molar-refractivity contribution in [3.63, 3.8) is 0 Å². The van der Waals surface area contributed by atoms with Gasteiger partial charge in [-0.2, -0.15) is 0 Å². The average Bonchev–Trinajstić information content (AvgIpc) is 2.57. The summed E-state index contributed by atoms with van der Waals surface area (Å²) >= 11 is 0. The monoisotopic (exact) mass is 297 g/mol. The Balaban J connectivity index is 2.80. The quantitative estimate of drug-likeness (QED) is 0.817. The number of hydrogen-bond donors (Lipinski definition) is 0. The number of rotatable bonds is 3. The van der Waals surface area contributed by atoms with Crippen molar-refractivity contribution in [2.75, 3.05) is 0 Å². The fourth-order valence-corrected chi connectivity index (χ4v) is 2.81. The molecule has 0 spiro atoms. The molecule has 0 aliphatic rings. The van der Waals surface area contributed by atoms with Crippen LogP contribution in [0.1, 0.15) is 0 Å². The van der Waals surface area contributed by atoms with Crippen molar-refractivity contribution in [3.05, 3.63) is 30.2 Å². The number of hydrogen-bond acceptors (Lipinski definition) is 2. The highest BCUT2D eigenvalue weighted by molar-refractivity contribution is 8.14. The molecule has 0 saturated heterocycles. The summed E-state index contributed by atoms with van der Waals surface area (Å²) in [5.74, 6) is -0.820. The minimum Gasteiger partial charge on any atom is -0.340 e. The minimum atomic E-state index is -4.20. The molecule has 3 nitrogen and oxygen atoms in total. The SMILES string of the molecule is O=S(=O)(Cl)c1cn(CC(F)F)c2cccc(F)c12. The van der Waals surface area contributed by atoms with Crippen molar-refractivity contribution < 1.29 is 21.6 Å². The van der Waals surface area contributed by atoms with E-state index >= 15 is 0 Å². The Kier molecular flexibility index (Phi) is 3.29. The van der Waals surface area contributed by atoms with Gasteiger partial charge in [0, 0.05) is 16.9 Å². The first-order chi connectivity index (χ1) is 8.30. The lowest BCUT2D eigenvalue weighted by Gasteiger charge is -2.03. The third-order valence-electron chi connectivity index (χ3n) is 2.42. The molecule has 0 saturated carbocycles. The average molecular weight is 298 g/mol. The van der Waals surface area contributed by atoms with Gasteiger partial charge in [-0.15, -0.1) is 0 Å². The Morgan fingerprint density at radius 3 is 2.56 bits per heavy atom. The standard InChI is InChI=1S/C10H7ClF3NO2S/c11-18(16,17)8-4-15(5-9(13)14)7-3-1-2-6(12)10(7)8/h1-4,9H,5H2. The molecule has 2 aromatic rings. The second kappa shape index (κ2) is 4.47. The third kappa shape index (κ3) is 2.32. The van der Waals surface area contributed by atoms with Gasteiger partial charge in [0.15, 0.2) is 0 Å². The van der Waals surface area contributed by atoms with Crippen molar-refractivity contribution in [3.8, 4) is 0 Å². The van der Waals surface area contributed by atoms with Crippen LogP contribution in [-0.2, 0) is 15.6 Å². The maximum atomic E-state index is 13.6. The van der Waals surface area contributed by atoms with Crippen LogP contribution in [0.3, 0.4) is 0 Å². The molecule has 18 heavy (non-hydrogen) atoms. The van der Waals surface area contributed by atoms with Gasteiger partial charge in [-0.1, -0.05) is 6.07 Å². The van der Waals surface area contributed by atoms with Gasteiger partial charge in [0.05, 0.1) is 17.4 Å². The molecule has 0 fully saturated rings. The van der Waals surface area contributed by atoms with Crippen LogP contribution in [0.5, 0.6) is 0 Å². The second-order valence-electron chi connectivity index (χ2n) is 3.61. The molecule has 0 unspecified atom stereocenters. The predicted molar refractivity (Wildman–Crippen MR) is 60.9 cm³/mol. The van der Waals surface area contributed by atoms with Gasteiger partial charge in [0.1, 0.15) is 10.7 Å². The summed E-state index contributed by atoms with van der Waals surface area (Å²) < 4.78 is 61.9. The van der Waals surface area contributed by atoms with Crippen LogP contribution >= 0.6 is 10.7 Å². The number of benzene rings is 1. The molecule has 8 heteroatoms. The Hall–Kier alpha value is -1.21. The van der Waals surface area contributed by atoms with E-state index in [4.69, 9.17) is 10.7 Å². The van der Waals surface area contributed by atoms with E-state index in [0.29, 0.717) is 0 Å². The normalized spacial score (nSPS) is 12.5. The summed E-state index contributed by atoms with van der Waals surface area (Å²) in [6.07, 6.45) is -1.77. The zero-order valence-electron chi connectivity index (χ0n) is 8.78. The maximum Gasteiger partial charge on any atom is 0.263 e. The Bertz CT molecular complexity index is 696.